The molecule has 106 valence electrons. The van der Waals surface area contributed by atoms with Crippen molar-refractivity contribution in [3.8, 4) is 5.69 Å². The molecule has 4 nitrogen and oxygen atoms in total. The lowest BCUT2D eigenvalue weighted by molar-refractivity contribution is -0.133. The molecular formula is C15H11IN2O2S. The third-order valence-electron chi connectivity index (χ3n) is 2.94. The number of para-hydroxylation sites is 2. The molecule has 3 aromatic rings. The summed E-state index contributed by atoms with van der Waals surface area (Å²) in [7, 11) is 0. The maximum atomic E-state index is 10.8. The zero-order valence-corrected chi connectivity index (χ0v) is 13.8. The van der Waals surface area contributed by atoms with E-state index in [1.807, 2.05) is 53.1 Å². The molecule has 0 unspecified atom stereocenters. The highest BCUT2D eigenvalue weighted by molar-refractivity contribution is 14.1. The van der Waals surface area contributed by atoms with E-state index in [9.17, 15) is 4.79 Å². The lowest BCUT2D eigenvalue weighted by Crippen LogP contribution is -2.01. The molecule has 0 bridgehead atoms. The van der Waals surface area contributed by atoms with Crippen LogP contribution in [0, 0.1) is 3.57 Å². The van der Waals surface area contributed by atoms with Gasteiger partial charge in [0.25, 0.3) is 0 Å². The van der Waals surface area contributed by atoms with Crippen molar-refractivity contribution >= 4 is 51.4 Å². The van der Waals surface area contributed by atoms with Crippen molar-refractivity contribution in [1.29, 1.82) is 0 Å². The number of aromatic nitrogens is 2. The van der Waals surface area contributed by atoms with E-state index in [1.54, 1.807) is 0 Å². The highest BCUT2D eigenvalue weighted by Crippen LogP contribution is 2.28. The number of rotatable bonds is 4. The van der Waals surface area contributed by atoms with Crippen LogP contribution in [0.15, 0.2) is 53.7 Å². The molecule has 0 aliphatic carbocycles. The summed E-state index contributed by atoms with van der Waals surface area (Å²) in [5, 5.41) is 9.58. The van der Waals surface area contributed by atoms with E-state index in [0.717, 1.165) is 20.3 Å². The van der Waals surface area contributed by atoms with Crippen LogP contribution in [-0.2, 0) is 4.79 Å². The van der Waals surface area contributed by atoms with Crippen LogP contribution in [0.2, 0.25) is 0 Å². The van der Waals surface area contributed by atoms with Gasteiger partial charge in [0, 0.05) is 9.26 Å². The van der Waals surface area contributed by atoms with Gasteiger partial charge in [0.1, 0.15) is 0 Å². The molecule has 1 heterocycles. The first-order chi connectivity index (χ1) is 10.1. The maximum absolute atomic E-state index is 10.8. The minimum absolute atomic E-state index is 0.00626. The molecule has 0 atom stereocenters. The van der Waals surface area contributed by atoms with Gasteiger partial charge < -0.3 is 5.11 Å². The fourth-order valence-electron chi connectivity index (χ4n) is 2.07. The predicted octanol–water partition coefficient (Wildman–Crippen LogP) is 3.81. The average molecular weight is 410 g/mol. The number of hydrogen-bond acceptors (Lipinski definition) is 3. The van der Waals surface area contributed by atoms with Gasteiger partial charge >= 0.3 is 5.97 Å². The van der Waals surface area contributed by atoms with Gasteiger partial charge in [-0.3, -0.25) is 9.36 Å². The highest BCUT2D eigenvalue weighted by Gasteiger charge is 2.13. The number of imidazole rings is 1. The smallest absolute Gasteiger partial charge is 0.313 e. The fourth-order valence-corrected chi connectivity index (χ4v) is 3.17. The summed E-state index contributed by atoms with van der Waals surface area (Å²) in [5.74, 6) is -0.852. The lowest BCUT2D eigenvalue weighted by Gasteiger charge is -2.08. The lowest BCUT2D eigenvalue weighted by atomic mass is 10.3. The summed E-state index contributed by atoms with van der Waals surface area (Å²) < 4.78 is 3.15. The summed E-state index contributed by atoms with van der Waals surface area (Å²) >= 11 is 3.49. The van der Waals surface area contributed by atoms with Crippen LogP contribution in [0.1, 0.15) is 0 Å². The van der Waals surface area contributed by atoms with Crippen LogP contribution < -0.4 is 0 Å². The van der Waals surface area contributed by atoms with Gasteiger partial charge in [-0.15, -0.1) is 0 Å². The van der Waals surface area contributed by atoms with Gasteiger partial charge in [-0.05, 0) is 59.0 Å². The van der Waals surface area contributed by atoms with Gasteiger partial charge in [-0.1, -0.05) is 23.9 Å². The van der Waals surface area contributed by atoms with E-state index in [0.29, 0.717) is 5.16 Å². The summed E-state index contributed by atoms with van der Waals surface area (Å²) in [6.07, 6.45) is 0. The summed E-state index contributed by atoms with van der Waals surface area (Å²) in [4.78, 5) is 15.4. The third-order valence-corrected chi connectivity index (χ3v) is 4.58. The molecule has 0 saturated heterocycles. The Morgan fingerprint density at radius 2 is 1.90 bits per heavy atom. The Labute approximate surface area is 139 Å². The van der Waals surface area contributed by atoms with E-state index in [1.165, 1.54) is 11.8 Å². The zero-order chi connectivity index (χ0) is 14.8. The largest absolute Gasteiger partial charge is 0.481 e. The molecule has 2 aromatic carbocycles. The quantitative estimate of drug-likeness (QED) is 0.525. The Balaban J connectivity index is 2.15. The van der Waals surface area contributed by atoms with Crippen molar-refractivity contribution in [2.75, 3.05) is 5.75 Å². The Bertz CT molecular complexity index is 799. The minimum atomic E-state index is -0.846. The number of thioether (sulfide) groups is 1. The number of nitrogens with zero attached hydrogens (tertiary/aromatic N) is 2. The van der Waals surface area contributed by atoms with Crippen LogP contribution in [-0.4, -0.2) is 26.4 Å². The summed E-state index contributed by atoms with van der Waals surface area (Å²) in [6, 6.07) is 15.9. The Kier molecular flexibility index (Phi) is 4.16. The monoisotopic (exact) mass is 410 g/mol. The first-order valence-electron chi connectivity index (χ1n) is 6.23. The van der Waals surface area contributed by atoms with E-state index >= 15 is 0 Å². The van der Waals surface area contributed by atoms with Crippen LogP contribution in [0.5, 0.6) is 0 Å². The number of carbonyl (C=O) groups is 1. The van der Waals surface area contributed by atoms with Crippen LogP contribution >= 0.6 is 34.4 Å². The second kappa shape index (κ2) is 6.07. The van der Waals surface area contributed by atoms with Gasteiger partial charge in [-0.25, -0.2) is 4.98 Å². The molecular weight excluding hydrogens is 399 g/mol. The number of hydrogen-bond donors (Lipinski definition) is 1. The molecule has 0 fully saturated rings. The Hall–Kier alpha value is -1.54. The van der Waals surface area contributed by atoms with Crippen molar-refractivity contribution in [1.82, 2.24) is 9.55 Å². The maximum Gasteiger partial charge on any atom is 0.313 e. The first kappa shape index (κ1) is 14.4. The van der Waals surface area contributed by atoms with Gasteiger partial charge in [0.15, 0.2) is 5.16 Å². The second-order valence-corrected chi connectivity index (χ2v) is 6.57. The fraction of sp³-hybridized carbons (Fsp3) is 0.0667. The van der Waals surface area contributed by atoms with Crippen molar-refractivity contribution in [2.24, 2.45) is 0 Å². The number of carboxylic acids is 1. The number of halogens is 1. The first-order valence-corrected chi connectivity index (χ1v) is 8.29. The molecule has 0 radical (unpaired) electrons. The molecule has 1 aromatic heterocycles. The van der Waals surface area contributed by atoms with E-state index in [-0.39, 0.29) is 5.75 Å². The molecule has 3 rings (SSSR count). The topological polar surface area (TPSA) is 55.1 Å². The van der Waals surface area contributed by atoms with Crippen molar-refractivity contribution in [3.05, 3.63) is 52.1 Å². The van der Waals surface area contributed by atoms with Gasteiger partial charge in [0.05, 0.1) is 16.8 Å². The van der Waals surface area contributed by atoms with Crippen molar-refractivity contribution < 1.29 is 9.90 Å². The van der Waals surface area contributed by atoms with Crippen molar-refractivity contribution in [3.63, 3.8) is 0 Å². The predicted molar refractivity (Wildman–Crippen MR) is 92.1 cm³/mol. The van der Waals surface area contributed by atoms with Crippen LogP contribution in [0.25, 0.3) is 16.7 Å². The normalized spacial score (nSPS) is 10.9. The molecule has 0 aliphatic heterocycles. The highest BCUT2D eigenvalue weighted by atomic mass is 127. The number of aliphatic carboxylic acids is 1. The average Bonchev–Trinajstić information content (AvgIpc) is 2.84. The second-order valence-electron chi connectivity index (χ2n) is 4.38. The third kappa shape index (κ3) is 3.06. The Morgan fingerprint density at radius 1 is 1.19 bits per heavy atom. The van der Waals surface area contributed by atoms with Crippen molar-refractivity contribution in [2.45, 2.75) is 5.16 Å². The zero-order valence-electron chi connectivity index (χ0n) is 10.9. The molecule has 21 heavy (non-hydrogen) atoms. The van der Waals surface area contributed by atoms with Crippen LogP contribution in [0.3, 0.4) is 0 Å². The van der Waals surface area contributed by atoms with Crippen LogP contribution in [0.4, 0.5) is 0 Å². The minimum Gasteiger partial charge on any atom is -0.481 e. The summed E-state index contributed by atoms with van der Waals surface area (Å²) in [5.41, 5.74) is 2.83. The Morgan fingerprint density at radius 3 is 2.62 bits per heavy atom. The van der Waals surface area contributed by atoms with E-state index < -0.39 is 5.97 Å². The molecule has 0 spiro atoms. The molecule has 0 aliphatic rings. The molecule has 1 N–H and O–H groups in total. The summed E-state index contributed by atoms with van der Waals surface area (Å²) in [6.45, 7) is 0. The molecule has 0 saturated carbocycles. The molecule has 0 amide bonds. The van der Waals surface area contributed by atoms with Gasteiger partial charge in [-0.2, -0.15) is 0 Å². The number of benzene rings is 2. The number of carboxylic acid groups (broad SMARTS) is 1. The van der Waals surface area contributed by atoms with E-state index in [2.05, 4.69) is 27.6 Å². The molecule has 6 heteroatoms. The number of fused-ring (bicyclic) bond motifs is 1. The van der Waals surface area contributed by atoms with E-state index in [4.69, 9.17) is 5.11 Å². The SMILES string of the molecule is O=C(O)CSc1nc2ccccc2n1-c1ccc(I)cc1. The standard InChI is InChI=1S/C15H11IN2O2S/c16-10-5-7-11(8-6-10)18-13-4-2-1-3-12(13)17-15(18)21-9-14(19)20/h1-8H,9H2,(H,19,20). The van der Waals surface area contributed by atoms with Gasteiger partial charge in [0.2, 0.25) is 0 Å².